The van der Waals surface area contributed by atoms with Crippen LogP contribution in [0.2, 0.25) is 0 Å². The molecule has 2 fully saturated rings. The lowest BCUT2D eigenvalue weighted by atomic mass is 9.87. The van der Waals surface area contributed by atoms with Gasteiger partial charge in [-0.25, -0.2) is 0 Å². The Morgan fingerprint density at radius 1 is 1.05 bits per heavy atom. The molecule has 0 spiro atoms. The quantitative estimate of drug-likeness (QED) is 0.819. The third-order valence-electron chi connectivity index (χ3n) is 5.30. The molecule has 0 aromatic heterocycles. The fourth-order valence-electron chi connectivity index (χ4n) is 3.81. The summed E-state index contributed by atoms with van der Waals surface area (Å²) >= 11 is 0. The van der Waals surface area contributed by atoms with Gasteiger partial charge in [-0.1, -0.05) is 13.8 Å². The van der Waals surface area contributed by atoms with Gasteiger partial charge in [0.15, 0.2) is 0 Å². The van der Waals surface area contributed by atoms with Crippen LogP contribution in [0.1, 0.15) is 59.8 Å². The zero-order valence-corrected chi connectivity index (χ0v) is 14.0. The van der Waals surface area contributed by atoms with Crippen molar-refractivity contribution in [3.05, 3.63) is 0 Å². The fourth-order valence-corrected chi connectivity index (χ4v) is 3.81. The highest BCUT2D eigenvalue weighted by Gasteiger charge is 2.42. The van der Waals surface area contributed by atoms with Gasteiger partial charge in [0.25, 0.3) is 0 Å². The zero-order chi connectivity index (χ0) is 15.4. The fraction of sp³-hybridized carbons (Fsp3) is 0.941. The monoisotopic (exact) mass is 296 g/mol. The summed E-state index contributed by atoms with van der Waals surface area (Å²) in [7, 11) is 0. The summed E-state index contributed by atoms with van der Waals surface area (Å²) in [6.45, 7) is 9.53. The molecule has 21 heavy (non-hydrogen) atoms. The van der Waals surface area contributed by atoms with Crippen LogP contribution in [0.4, 0.5) is 0 Å². The van der Waals surface area contributed by atoms with Crippen molar-refractivity contribution in [3.63, 3.8) is 0 Å². The van der Waals surface area contributed by atoms with E-state index in [9.17, 15) is 4.79 Å². The van der Waals surface area contributed by atoms with Gasteiger partial charge in [0, 0.05) is 12.1 Å². The van der Waals surface area contributed by atoms with E-state index in [0.29, 0.717) is 18.0 Å². The number of carbonyl (C=O) groups excluding carboxylic acids is 1. The number of amides is 1. The first-order valence-corrected chi connectivity index (χ1v) is 8.72. The Balaban J connectivity index is 1.77. The normalized spacial score (nSPS) is 40.2. The van der Waals surface area contributed by atoms with Crippen LogP contribution < -0.4 is 10.6 Å². The summed E-state index contributed by atoms with van der Waals surface area (Å²) in [5.41, 5.74) is 0. The standard InChI is InChI=1S/C17H32N2O2/c1-5-10-18-14-6-8-15(9-7-14)19-17(20)16-11(2)12(3)21-13(16)4/h11-16,18H,5-10H2,1-4H3,(H,19,20). The molecule has 1 saturated heterocycles. The average molecular weight is 296 g/mol. The van der Waals surface area contributed by atoms with Crippen LogP contribution in [0.15, 0.2) is 0 Å². The topological polar surface area (TPSA) is 50.4 Å². The average Bonchev–Trinajstić information content (AvgIpc) is 2.71. The number of ether oxygens (including phenoxy) is 1. The van der Waals surface area contributed by atoms with Crippen LogP contribution >= 0.6 is 0 Å². The lowest BCUT2D eigenvalue weighted by Gasteiger charge is -2.31. The SMILES string of the molecule is CCCNC1CCC(NC(=O)C2C(C)OC(C)C2C)CC1. The van der Waals surface area contributed by atoms with E-state index in [1.165, 1.54) is 19.3 Å². The molecule has 1 heterocycles. The number of hydrogen-bond donors (Lipinski definition) is 2. The first-order chi connectivity index (χ1) is 10.0. The Morgan fingerprint density at radius 3 is 2.19 bits per heavy atom. The highest BCUT2D eigenvalue weighted by molar-refractivity contribution is 5.80. The van der Waals surface area contributed by atoms with Crippen LogP contribution in [0, 0.1) is 11.8 Å². The molecule has 4 nitrogen and oxygen atoms in total. The van der Waals surface area contributed by atoms with Crippen molar-refractivity contribution in [2.24, 2.45) is 11.8 Å². The van der Waals surface area contributed by atoms with Crippen molar-refractivity contribution in [2.45, 2.75) is 84.1 Å². The summed E-state index contributed by atoms with van der Waals surface area (Å²) in [6.07, 6.45) is 5.95. The van der Waals surface area contributed by atoms with E-state index in [1.807, 2.05) is 6.92 Å². The van der Waals surface area contributed by atoms with Crippen molar-refractivity contribution in [3.8, 4) is 0 Å². The highest BCUT2D eigenvalue weighted by atomic mass is 16.5. The summed E-state index contributed by atoms with van der Waals surface area (Å²) in [5.74, 6) is 0.516. The smallest absolute Gasteiger partial charge is 0.226 e. The van der Waals surface area contributed by atoms with Gasteiger partial charge in [0.2, 0.25) is 5.91 Å². The molecule has 1 saturated carbocycles. The molecule has 1 amide bonds. The summed E-state index contributed by atoms with van der Waals surface area (Å²) in [5, 5.41) is 6.86. The van der Waals surface area contributed by atoms with Crippen molar-refractivity contribution in [1.29, 1.82) is 0 Å². The number of nitrogens with one attached hydrogen (secondary N) is 2. The first kappa shape index (κ1) is 16.8. The Bertz CT molecular complexity index is 340. The van der Waals surface area contributed by atoms with Gasteiger partial charge in [0.1, 0.15) is 0 Å². The molecular weight excluding hydrogens is 264 g/mol. The molecule has 1 aliphatic carbocycles. The number of rotatable bonds is 5. The number of hydrogen-bond acceptors (Lipinski definition) is 3. The van der Waals surface area contributed by atoms with E-state index in [4.69, 9.17) is 4.74 Å². The molecule has 0 radical (unpaired) electrons. The largest absolute Gasteiger partial charge is 0.374 e. The van der Waals surface area contributed by atoms with Crippen LogP contribution in [0.3, 0.4) is 0 Å². The molecule has 2 aliphatic rings. The van der Waals surface area contributed by atoms with Gasteiger partial charge in [0.05, 0.1) is 18.1 Å². The molecule has 122 valence electrons. The second kappa shape index (κ2) is 7.59. The van der Waals surface area contributed by atoms with Crippen LogP contribution in [-0.2, 0) is 9.53 Å². The lowest BCUT2D eigenvalue weighted by Crippen LogP contribution is -2.46. The summed E-state index contributed by atoms with van der Waals surface area (Å²) in [6, 6.07) is 0.998. The maximum absolute atomic E-state index is 12.5. The zero-order valence-electron chi connectivity index (χ0n) is 14.0. The Labute approximate surface area is 129 Å². The van der Waals surface area contributed by atoms with Gasteiger partial charge >= 0.3 is 0 Å². The molecule has 0 bridgehead atoms. The van der Waals surface area contributed by atoms with Crippen LogP contribution in [0.5, 0.6) is 0 Å². The molecule has 4 heteroatoms. The maximum atomic E-state index is 12.5. The van der Waals surface area contributed by atoms with E-state index in [0.717, 1.165) is 19.4 Å². The van der Waals surface area contributed by atoms with Gasteiger partial charge < -0.3 is 15.4 Å². The van der Waals surface area contributed by atoms with Gasteiger partial charge in [-0.15, -0.1) is 0 Å². The van der Waals surface area contributed by atoms with Crippen molar-refractivity contribution in [2.75, 3.05) is 6.54 Å². The molecule has 2 N–H and O–H groups in total. The van der Waals surface area contributed by atoms with Gasteiger partial charge in [-0.2, -0.15) is 0 Å². The van der Waals surface area contributed by atoms with Crippen LogP contribution in [-0.4, -0.2) is 36.7 Å². The molecule has 2 rings (SSSR count). The van der Waals surface area contributed by atoms with E-state index < -0.39 is 0 Å². The molecule has 0 aromatic rings. The third kappa shape index (κ3) is 4.19. The Morgan fingerprint density at radius 2 is 1.67 bits per heavy atom. The number of carbonyl (C=O) groups is 1. The molecule has 0 aromatic carbocycles. The molecule has 4 unspecified atom stereocenters. The minimum atomic E-state index is 0.0101. The maximum Gasteiger partial charge on any atom is 0.226 e. The van der Waals surface area contributed by atoms with E-state index >= 15 is 0 Å². The minimum Gasteiger partial charge on any atom is -0.374 e. The predicted octanol–water partition coefficient (Wildman–Crippen LogP) is 2.47. The first-order valence-electron chi connectivity index (χ1n) is 8.72. The van der Waals surface area contributed by atoms with E-state index in [2.05, 4.69) is 31.4 Å². The second-order valence-electron chi connectivity index (χ2n) is 6.94. The van der Waals surface area contributed by atoms with Crippen molar-refractivity contribution >= 4 is 5.91 Å². The lowest BCUT2D eigenvalue weighted by molar-refractivity contribution is -0.128. The predicted molar refractivity (Wildman–Crippen MR) is 85.1 cm³/mol. The molecule has 1 aliphatic heterocycles. The van der Waals surface area contributed by atoms with E-state index in [1.54, 1.807) is 0 Å². The minimum absolute atomic E-state index is 0.0101. The van der Waals surface area contributed by atoms with Crippen molar-refractivity contribution in [1.82, 2.24) is 10.6 Å². The van der Waals surface area contributed by atoms with E-state index in [-0.39, 0.29) is 24.0 Å². The van der Waals surface area contributed by atoms with Gasteiger partial charge in [-0.3, -0.25) is 4.79 Å². The third-order valence-corrected chi connectivity index (χ3v) is 5.30. The van der Waals surface area contributed by atoms with Crippen molar-refractivity contribution < 1.29 is 9.53 Å². The van der Waals surface area contributed by atoms with Gasteiger partial charge in [-0.05, 0) is 58.4 Å². The molecule has 4 atom stereocenters. The van der Waals surface area contributed by atoms with Crippen LogP contribution in [0.25, 0.3) is 0 Å². The highest BCUT2D eigenvalue weighted by Crippen LogP contribution is 2.32. The summed E-state index contributed by atoms with van der Waals surface area (Å²) in [4.78, 5) is 12.5. The summed E-state index contributed by atoms with van der Waals surface area (Å²) < 4.78 is 5.79. The second-order valence-corrected chi connectivity index (χ2v) is 6.94. The Kier molecular flexibility index (Phi) is 6.06. The molecular formula is C17H32N2O2. The Hall–Kier alpha value is -0.610.